The highest BCUT2D eigenvalue weighted by Crippen LogP contribution is 2.32. The smallest absolute Gasteiger partial charge is 0.265 e. The van der Waals surface area contributed by atoms with E-state index >= 15 is 0 Å². The number of carbonyl (C=O) groups excluding carboxylic acids is 1. The Morgan fingerprint density at radius 2 is 2.04 bits per heavy atom. The van der Waals surface area contributed by atoms with E-state index in [-0.39, 0.29) is 5.91 Å². The van der Waals surface area contributed by atoms with Crippen LogP contribution in [0.25, 0.3) is 0 Å². The van der Waals surface area contributed by atoms with Crippen molar-refractivity contribution in [3.8, 4) is 5.75 Å². The van der Waals surface area contributed by atoms with Crippen molar-refractivity contribution >= 4 is 11.6 Å². The Bertz CT molecular complexity index is 738. The van der Waals surface area contributed by atoms with Gasteiger partial charge in [0.15, 0.2) is 6.10 Å². The SMILES string of the molecule is CN1CC(C(=O)N2CCC(CCn3cccn3)CC2)Oc2ccccc21. The minimum Gasteiger partial charge on any atom is -0.477 e. The van der Waals surface area contributed by atoms with Gasteiger partial charge in [-0.2, -0.15) is 5.10 Å². The van der Waals surface area contributed by atoms with Gasteiger partial charge in [-0.15, -0.1) is 0 Å². The molecule has 2 aromatic rings. The average Bonchev–Trinajstić information content (AvgIpc) is 3.20. The second kappa shape index (κ2) is 7.40. The van der Waals surface area contributed by atoms with Crippen LogP contribution in [0.1, 0.15) is 19.3 Å². The number of aromatic nitrogens is 2. The van der Waals surface area contributed by atoms with Crippen LogP contribution in [0.2, 0.25) is 0 Å². The van der Waals surface area contributed by atoms with Crippen molar-refractivity contribution in [1.82, 2.24) is 14.7 Å². The molecular formula is C20H26N4O2. The predicted molar refractivity (Wildman–Crippen MR) is 100 cm³/mol. The first kappa shape index (κ1) is 16.9. The number of hydrogen-bond acceptors (Lipinski definition) is 4. The van der Waals surface area contributed by atoms with E-state index in [1.54, 1.807) is 0 Å². The molecule has 0 bridgehead atoms. The van der Waals surface area contributed by atoms with Crippen molar-refractivity contribution in [2.75, 3.05) is 31.6 Å². The average molecular weight is 354 g/mol. The van der Waals surface area contributed by atoms with Crippen molar-refractivity contribution in [3.63, 3.8) is 0 Å². The van der Waals surface area contributed by atoms with Gasteiger partial charge in [-0.1, -0.05) is 12.1 Å². The molecule has 1 atom stereocenters. The molecule has 2 aliphatic rings. The van der Waals surface area contributed by atoms with Gasteiger partial charge >= 0.3 is 0 Å². The fourth-order valence-electron chi connectivity index (χ4n) is 3.93. The van der Waals surface area contributed by atoms with E-state index in [9.17, 15) is 4.79 Å². The predicted octanol–water partition coefficient (Wildman–Crippen LogP) is 2.41. The van der Waals surface area contributed by atoms with Gasteiger partial charge in [0.1, 0.15) is 5.75 Å². The Morgan fingerprint density at radius 1 is 1.23 bits per heavy atom. The molecule has 2 aliphatic heterocycles. The number of benzene rings is 1. The van der Waals surface area contributed by atoms with E-state index < -0.39 is 6.10 Å². The lowest BCUT2D eigenvalue weighted by Gasteiger charge is -2.38. The Hall–Kier alpha value is -2.50. The number of para-hydroxylation sites is 2. The normalized spacial score (nSPS) is 20.6. The van der Waals surface area contributed by atoms with Gasteiger partial charge in [0.2, 0.25) is 0 Å². The quantitative estimate of drug-likeness (QED) is 0.846. The third-order valence-electron chi connectivity index (χ3n) is 5.51. The molecule has 1 unspecified atom stereocenters. The number of aryl methyl sites for hydroxylation is 1. The highest BCUT2D eigenvalue weighted by atomic mass is 16.5. The third kappa shape index (κ3) is 3.54. The Morgan fingerprint density at radius 3 is 2.81 bits per heavy atom. The van der Waals surface area contributed by atoms with Crippen LogP contribution < -0.4 is 9.64 Å². The van der Waals surface area contributed by atoms with Crippen molar-refractivity contribution in [2.45, 2.75) is 31.9 Å². The van der Waals surface area contributed by atoms with E-state index in [1.165, 1.54) is 0 Å². The number of nitrogens with zero attached hydrogens (tertiary/aromatic N) is 4. The van der Waals surface area contributed by atoms with Gasteiger partial charge in [-0.05, 0) is 43.4 Å². The Kier molecular flexibility index (Phi) is 4.82. The van der Waals surface area contributed by atoms with Gasteiger partial charge < -0.3 is 14.5 Å². The summed E-state index contributed by atoms with van der Waals surface area (Å²) in [6.07, 6.45) is 6.67. The van der Waals surface area contributed by atoms with Crippen LogP contribution in [-0.4, -0.2) is 53.4 Å². The molecule has 1 saturated heterocycles. The number of rotatable bonds is 4. The summed E-state index contributed by atoms with van der Waals surface area (Å²) in [4.78, 5) is 17.0. The van der Waals surface area contributed by atoms with Crippen LogP contribution in [0.4, 0.5) is 5.69 Å². The zero-order valence-corrected chi connectivity index (χ0v) is 15.3. The van der Waals surface area contributed by atoms with Crippen LogP contribution in [0.15, 0.2) is 42.7 Å². The second-order valence-electron chi connectivity index (χ2n) is 7.28. The molecule has 1 aromatic carbocycles. The highest BCUT2D eigenvalue weighted by Gasteiger charge is 2.33. The number of piperidine rings is 1. The number of fused-ring (bicyclic) bond motifs is 1. The molecule has 0 radical (unpaired) electrons. The van der Waals surface area contributed by atoms with Gasteiger partial charge in [0, 0.05) is 39.1 Å². The van der Waals surface area contributed by atoms with E-state index in [4.69, 9.17) is 4.74 Å². The molecule has 0 aliphatic carbocycles. The van der Waals surface area contributed by atoms with Crippen LogP contribution in [-0.2, 0) is 11.3 Å². The molecule has 0 N–H and O–H groups in total. The summed E-state index contributed by atoms with van der Waals surface area (Å²) in [5.74, 6) is 1.59. The Balaban J connectivity index is 1.30. The number of carbonyl (C=O) groups is 1. The Labute approximate surface area is 154 Å². The molecule has 4 rings (SSSR count). The van der Waals surface area contributed by atoms with E-state index in [1.807, 2.05) is 59.4 Å². The number of ether oxygens (including phenoxy) is 1. The summed E-state index contributed by atoms with van der Waals surface area (Å²) in [6, 6.07) is 9.87. The van der Waals surface area contributed by atoms with Crippen molar-refractivity contribution in [3.05, 3.63) is 42.7 Å². The number of likely N-dealkylation sites (N-methyl/N-ethyl adjacent to an activating group) is 1. The van der Waals surface area contributed by atoms with Crippen molar-refractivity contribution in [2.24, 2.45) is 5.92 Å². The summed E-state index contributed by atoms with van der Waals surface area (Å²) < 4.78 is 7.98. The molecule has 26 heavy (non-hydrogen) atoms. The number of likely N-dealkylation sites (tertiary alicyclic amines) is 1. The molecule has 0 saturated carbocycles. The molecule has 1 amide bonds. The van der Waals surface area contributed by atoms with Crippen LogP contribution in [0.5, 0.6) is 5.75 Å². The minimum atomic E-state index is -0.407. The van der Waals surface area contributed by atoms with Crippen LogP contribution in [0, 0.1) is 5.92 Å². The van der Waals surface area contributed by atoms with E-state index in [2.05, 4.69) is 10.00 Å². The van der Waals surface area contributed by atoms with Gasteiger partial charge in [-0.3, -0.25) is 9.48 Å². The molecule has 138 valence electrons. The lowest BCUT2D eigenvalue weighted by molar-refractivity contribution is -0.140. The van der Waals surface area contributed by atoms with Crippen molar-refractivity contribution in [1.29, 1.82) is 0 Å². The first-order chi connectivity index (χ1) is 12.7. The molecule has 1 aromatic heterocycles. The van der Waals surface area contributed by atoms with E-state index in [0.29, 0.717) is 12.5 Å². The van der Waals surface area contributed by atoms with E-state index in [0.717, 1.165) is 50.3 Å². The number of anilines is 1. The fourth-order valence-corrected chi connectivity index (χ4v) is 3.93. The van der Waals surface area contributed by atoms with Crippen molar-refractivity contribution < 1.29 is 9.53 Å². The monoisotopic (exact) mass is 354 g/mol. The minimum absolute atomic E-state index is 0.122. The summed E-state index contributed by atoms with van der Waals surface area (Å²) in [5.41, 5.74) is 1.05. The topological polar surface area (TPSA) is 50.6 Å². The first-order valence-electron chi connectivity index (χ1n) is 9.44. The molecular weight excluding hydrogens is 328 g/mol. The first-order valence-corrected chi connectivity index (χ1v) is 9.44. The summed E-state index contributed by atoms with van der Waals surface area (Å²) >= 11 is 0. The molecule has 3 heterocycles. The van der Waals surface area contributed by atoms with Crippen LogP contribution in [0.3, 0.4) is 0 Å². The summed E-state index contributed by atoms with van der Waals surface area (Å²) in [5, 5.41) is 4.26. The maximum absolute atomic E-state index is 12.9. The summed E-state index contributed by atoms with van der Waals surface area (Å²) in [6.45, 7) is 3.22. The largest absolute Gasteiger partial charge is 0.477 e. The zero-order valence-electron chi connectivity index (χ0n) is 15.3. The molecule has 1 fully saturated rings. The number of amides is 1. The lowest BCUT2D eigenvalue weighted by atomic mass is 9.93. The number of hydrogen-bond donors (Lipinski definition) is 0. The highest BCUT2D eigenvalue weighted by molar-refractivity contribution is 5.83. The van der Waals surface area contributed by atoms with Gasteiger partial charge in [0.05, 0.1) is 12.2 Å². The third-order valence-corrected chi connectivity index (χ3v) is 5.51. The molecule has 6 heteroatoms. The standard InChI is InChI=1S/C20H26N4O2/c1-22-15-19(26-18-6-3-2-5-17(18)22)20(25)23-12-7-16(8-13-23)9-14-24-11-4-10-21-24/h2-6,10-11,16,19H,7-9,12-15H2,1H3. The second-order valence-corrected chi connectivity index (χ2v) is 7.28. The maximum atomic E-state index is 12.9. The van der Waals surface area contributed by atoms with Crippen LogP contribution >= 0.6 is 0 Å². The molecule has 0 spiro atoms. The summed E-state index contributed by atoms with van der Waals surface area (Å²) in [7, 11) is 2.02. The van der Waals surface area contributed by atoms with Gasteiger partial charge in [-0.25, -0.2) is 0 Å². The molecule has 6 nitrogen and oxygen atoms in total. The zero-order chi connectivity index (χ0) is 17.9. The van der Waals surface area contributed by atoms with Gasteiger partial charge in [0.25, 0.3) is 5.91 Å². The lowest BCUT2D eigenvalue weighted by Crippen LogP contribution is -2.51. The maximum Gasteiger partial charge on any atom is 0.265 e. The fraction of sp³-hybridized carbons (Fsp3) is 0.500.